The third-order valence-corrected chi connectivity index (χ3v) is 5.18. The molecule has 1 aromatic rings. The quantitative estimate of drug-likeness (QED) is 0.724. The topological polar surface area (TPSA) is 99.7 Å². The van der Waals surface area contributed by atoms with Gasteiger partial charge in [-0.3, -0.25) is 4.79 Å². The van der Waals surface area contributed by atoms with Crippen LogP contribution in [0.2, 0.25) is 0 Å². The van der Waals surface area contributed by atoms with E-state index >= 15 is 0 Å². The maximum atomic E-state index is 12.5. The standard InChI is InChI=1S/C15H14N4O2/c1-14(2)8-4-5-15(14,13(20)21-3)12-11(8)18-9(6-16)10(7-17)19-12/h8H,4-5H2,1-3H3. The summed E-state index contributed by atoms with van der Waals surface area (Å²) in [5, 5.41) is 18.2. The van der Waals surface area contributed by atoms with Crippen molar-refractivity contribution in [3.05, 3.63) is 22.8 Å². The minimum Gasteiger partial charge on any atom is -0.468 e. The highest BCUT2D eigenvalue weighted by atomic mass is 16.5. The van der Waals surface area contributed by atoms with Gasteiger partial charge in [-0.2, -0.15) is 10.5 Å². The second-order valence-electron chi connectivity index (χ2n) is 6.09. The van der Waals surface area contributed by atoms with Crippen LogP contribution < -0.4 is 0 Å². The summed E-state index contributed by atoms with van der Waals surface area (Å²) in [5.41, 5.74) is -0.0572. The van der Waals surface area contributed by atoms with Gasteiger partial charge in [-0.15, -0.1) is 0 Å². The zero-order valence-corrected chi connectivity index (χ0v) is 12.1. The predicted octanol–water partition coefficient (Wildman–Crippen LogP) is 1.55. The third kappa shape index (κ3) is 1.32. The molecule has 2 bridgehead atoms. The van der Waals surface area contributed by atoms with E-state index in [4.69, 9.17) is 15.3 Å². The van der Waals surface area contributed by atoms with Crippen LogP contribution in [-0.2, 0) is 14.9 Å². The van der Waals surface area contributed by atoms with Gasteiger partial charge in [0.1, 0.15) is 17.6 Å². The molecule has 2 unspecified atom stereocenters. The van der Waals surface area contributed by atoms with E-state index in [1.165, 1.54) is 7.11 Å². The number of hydrogen-bond acceptors (Lipinski definition) is 6. The highest BCUT2D eigenvalue weighted by molar-refractivity contribution is 5.87. The number of methoxy groups -OCH3 is 1. The van der Waals surface area contributed by atoms with Gasteiger partial charge in [0.25, 0.3) is 0 Å². The number of hydrogen-bond donors (Lipinski definition) is 0. The van der Waals surface area contributed by atoms with Crippen molar-refractivity contribution >= 4 is 5.97 Å². The number of fused-ring (bicyclic) bond motifs is 5. The Labute approximate surface area is 122 Å². The van der Waals surface area contributed by atoms with Gasteiger partial charge in [-0.25, -0.2) is 9.97 Å². The van der Waals surface area contributed by atoms with Gasteiger partial charge in [0, 0.05) is 5.92 Å². The van der Waals surface area contributed by atoms with Crippen LogP contribution in [0.3, 0.4) is 0 Å². The highest BCUT2D eigenvalue weighted by Gasteiger charge is 2.68. The first-order valence-corrected chi connectivity index (χ1v) is 6.75. The van der Waals surface area contributed by atoms with Crippen LogP contribution in [0.25, 0.3) is 0 Å². The summed E-state index contributed by atoms with van der Waals surface area (Å²) in [6.07, 6.45) is 1.44. The lowest BCUT2D eigenvalue weighted by Crippen LogP contribution is -2.44. The van der Waals surface area contributed by atoms with Crippen molar-refractivity contribution in [1.29, 1.82) is 10.5 Å². The largest absolute Gasteiger partial charge is 0.468 e. The minimum absolute atomic E-state index is 0.0251. The summed E-state index contributed by atoms with van der Waals surface area (Å²) in [4.78, 5) is 21.1. The first-order chi connectivity index (χ1) is 9.93. The Kier molecular flexibility index (Phi) is 2.58. The Bertz CT molecular complexity index is 741. The lowest BCUT2D eigenvalue weighted by molar-refractivity contribution is -0.151. The molecule has 1 heterocycles. The molecule has 21 heavy (non-hydrogen) atoms. The average molecular weight is 282 g/mol. The van der Waals surface area contributed by atoms with E-state index in [0.29, 0.717) is 17.8 Å². The van der Waals surface area contributed by atoms with Crippen LogP contribution in [0.4, 0.5) is 0 Å². The average Bonchev–Trinajstić information content (AvgIpc) is 2.87. The molecule has 0 aromatic carbocycles. The second kappa shape index (κ2) is 4.02. The molecule has 2 atom stereocenters. The van der Waals surface area contributed by atoms with Crippen molar-refractivity contribution < 1.29 is 9.53 Å². The van der Waals surface area contributed by atoms with E-state index in [0.717, 1.165) is 6.42 Å². The Hall–Kier alpha value is -2.47. The van der Waals surface area contributed by atoms with Crippen molar-refractivity contribution in [2.24, 2.45) is 5.41 Å². The summed E-state index contributed by atoms with van der Waals surface area (Å²) >= 11 is 0. The summed E-state index contributed by atoms with van der Waals surface area (Å²) in [7, 11) is 1.36. The SMILES string of the molecule is COC(=O)C12CCC(c3nc(C#N)c(C#N)nc31)C2(C)C. The first-order valence-electron chi connectivity index (χ1n) is 6.75. The molecule has 0 N–H and O–H groups in total. The fraction of sp³-hybridized carbons (Fsp3) is 0.533. The lowest BCUT2D eigenvalue weighted by atomic mass is 9.68. The van der Waals surface area contributed by atoms with Crippen LogP contribution in [0, 0.1) is 28.1 Å². The molecule has 1 aromatic heterocycles. The van der Waals surface area contributed by atoms with Crippen molar-refractivity contribution in [3.8, 4) is 12.1 Å². The maximum absolute atomic E-state index is 12.5. The molecule has 2 aliphatic carbocycles. The van der Waals surface area contributed by atoms with Gasteiger partial charge in [0.05, 0.1) is 18.5 Å². The lowest BCUT2D eigenvalue weighted by Gasteiger charge is -2.34. The smallest absolute Gasteiger partial charge is 0.318 e. The molecule has 1 fully saturated rings. The predicted molar refractivity (Wildman–Crippen MR) is 70.9 cm³/mol. The molecule has 2 aliphatic rings. The second-order valence-corrected chi connectivity index (χ2v) is 6.09. The van der Waals surface area contributed by atoms with E-state index in [1.807, 2.05) is 26.0 Å². The summed E-state index contributed by atoms with van der Waals surface area (Å²) in [6.45, 7) is 4.01. The number of carbonyl (C=O) groups excluding carboxylic acids is 1. The Morgan fingerprint density at radius 3 is 2.48 bits per heavy atom. The van der Waals surface area contributed by atoms with Crippen molar-refractivity contribution in [2.45, 2.75) is 38.0 Å². The molecule has 1 saturated carbocycles. The highest BCUT2D eigenvalue weighted by Crippen LogP contribution is 2.67. The fourth-order valence-electron chi connectivity index (χ4n) is 4.04. The van der Waals surface area contributed by atoms with Gasteiger partial charge in [-0.05, 0) is 18.3 Å². The summed E-state index contributed by atoms with van der Waals surface area (Å²) < 4.78 is 5.02. The molecule has 0 spiro atoms. The Morgan fingerprint density at radius 2 is 1.90 bits per heavy atom. The van der Waals surface area contributed by atoms with E-state index in [2.05, 4.69) is 9.97 Å². The van der Waals surface area contributed by atoms with Crippen molar-refractivity contribution in [3.63, 3.8) is 0 Å². The van der Waals surface area contributed by atoms with Gasteiger partial charge in [-0.1, -0.05) is 13.8 Å². The molecule has 0 aliphatic heterocycles. The molecular weight excluding hydrogens is 268 g/mol. The third-order valence-electron chi connectivity index (χ3n) is 5.18. The molecule has 6 nitrogen and oxygen atoms in total. The van der Waals surface area contributed by atoms with Crippen LogP contribution in [0.15, 0.2) is 0 Å². The van der Waals surface area contributed by atoms with Crippen LogP contribution in [0.1, 0.15) is 55.4 Å². The molecular formula is C15H14N4O2. The Morgan fingerprint density at radius 1 is 1.29 bits per heavy atom. The molecule has 0 amide bonds. The van der Waals surface area contributed by atoms with Crippen molar-refractivity contribution in [2.75, 3.05) is 7.11 Å². The molecule has 0 radical (unpaired) electrons. The zero-order chi connectivity index (χ0) is 15.4. The van der Waals surface area contributed by atoms with Crippen LogP contribution in [-0.4, -0.2) is 23.0 Å². The number of nitrogens with zero attached hydrogens (tertiary/aromatic N) is 4. The van der Waals surface area contributed by atoms with Gasteiger partial charge in [0.2, 0.25) is 0 Å². The minimum atomic E-state index is -0.867. The van der Waals surface area contributed by atoms with Gasteiger partial charge >= 0.3 is 5.97 Å². The molecule has 0 saturated heterocycles. The van der Waals surface area contributed by atoms with E-state index in [-0.39, 0.29) is 28.7 Å². The zero-order valence-electron chi connectivity index (χ0n) is 12.1. The van der Waals surface area contributed by atoms with Gasteiger partial charge in [0.15, 0.2) is 11.4 Å². The molecule has 106 valence electrons. The van der Waals surface area contributed by atoms with E-state index in [9.17, 15) is 4.79 Å². The fourth-order valence-corrected chi connectivity index (χ4v) is 4.04. The van der Waals surface area contributed by atoms with Crippen LogP contribution >= 0.6 is 0 Å². The first kappa shape index (κ1) is 13.5. The molecule has 6 heteroatoms. The molecule has 3 rings (SSSR count). The van der Waals surface area contributed by atoms with Gasteiger partial charge < -0.3 is 4.74 Å². The van der Waals surface area contributed by atoms with E-state index < -0.39 is 5.41 Å². The van der Waals surface area contributed by atoms with E-state index in [1.54, 1.807) is 0 Å². The van der Waals surface area contributed by atoms with Crippen LogP contribution in [0.5, 0.6) is 0 Å². The number of esters is 1. The number of ether oxygens (including phenoxy) is 1. The summed E-state index contributed by atoms with van der Waals surface area (Å²) in [5.74, 6) is -0.282. The number of nitriles is 2. The normalized spacial score (nSPS) is 27.6. The van der Waals surface area contributed by atoms with Crippen molar-refractivity contribution in [1.82, 2.24) is 9.97 Å². The summed E-state index contributed by atoms with van der Waals surface area (Å²) in [6, 6.07) is 3.80. The number of aromatic nitrogens is 2. The number of carbonyl (C=O) groups is 1. The number of rotatable bonds is 1. The Balaban J connectivity index is 2.34. The monoisotopic (exact) mass is 282 g/mol. The maximum Gasteiger partial charge on any atom is 0.318 e.